The van der Waals surface area contributed by atoms with Crippen molar-refractivity contribution in [1.82, 2.24) is 19.8 Å². The molecule has 1 spiro atoms. The van der Waals surface area contributed by atoms with Crippen molar-refractivity contribution in [3.63, 3.8) is 0 Å². The molecule has 3 atom stereocenters. The van der Waals surface area contributed by atoms with Crippen molar-refractivity contribution in [3.05, 3.63) is 40.6 Å². The van der Waals surface area contributed by atoms with Crippen LogP contribution in [0.15, 0.2) is 18.2 Å². The number of anilines is 1. The van der Waals surface area contributed by atoms with Crippen LogP contribution in [0, 0.1) is 11.3 Å². The van der Waals surface area contributed by atoms with Gasteiger partial charge in [-0.3, -0.25) is 4.90 Å². The van der Waals surface area contributed by atoms with Gasteiger partial charge in [0.15, 0.2) is 0 Å². The average molecular weight is 517 g/mol. The molecule has 2 aliphatic carbocycles. The van der Waals surface area contributed by atoms with E-state index in [-0.39, 0.29) is 11.5 Å². The number of nitrogens with zero attached hydrogens (tertiary/aromatic N) is 6. The van der Waals surface area contributed by atoms with E-state index in [2.05, 4.69) is 40.9 Å². The van der Waals surface area contributed by atoms with Crippen LogP contribution in [0.3, 0.4) is 0 Å². The number of piperazine rings is 1. The van der Waals surface area contributed by atoms with E-state index < -0.39 is 0 Å². The van der Waals surface area contributed by atoms with Gasteiger partial charge in [-0.2, -0.15) is 15.2 Å². The summed E-state index contributed by atoms with van der Waals surface area (Å²) in [7, 11) is 4.28. The zero-order valence-electron chi connectivity index (χ0n) is 22.8. The Labute approximate surface area is 226 Å². The number of hydrogen-bond acceptors (Lipinski definition) is 8. The van der Waals surface area contributed by atoms with Crippen molar-refractivity contribution in [3.8, 4) is 17.8 Å². The molecule has 38 heavy (non-hydrogen) atoms. The van der Waals surface area contributed by atoms with Crippen LogP contribution in [0.1, 0.15) is 60.9 Å². The number of aromatic hydroxyl groups is 1. The van der Waals surface area contributed by atoms with Crippen LogP contribution < -0.4 is 9.64 Å². The van der Waals surface area contributed by atoms with Crippen LogP contribution in [0.2, 0.25) is 0 Å². The minimum atomic E-state index is -0.000648. The molecular formula is C30H40N6O2. The monoisotopic (exact) mass is 516 g/mol. The van der Waals surface area contributed by atoms with Crippen LogP contribution >= 0.6 is 0 Å². The number of fused-ring (bicyclic) bond motifs is 3. The standard InChI is InChI=1S/C30H40N6O2/c1-34-14-4-6-23(34)20-38-29-32-27-18-30(11-3-5-21-7-8-24(37)17-26(21)30)12-9-25(27)28(33-29)36-16-15-35(2)22(19-36)10-13-31/h7-8,17,22-23,37H,3-6,9-12,14-16,18-20H2,1-2H3/t22-,23-,30?/m0/s1. The molecule has 2 aliphatic heterocycles. The van der Waals surface area contributed by atoms with E-state index in [1.807, 2.05) is 12.1 Å². The van der Waals surface area contributed by atoms with E-state index in [0.717, 1.165) is 82.6 Å². The molecule has 0 saturated carbocycles. The summed E-state index contributed by atoms with van der Waals surface area (Å²) >= 11 is 0. The smallest absolute Gasteiger partial charge is 0.318 e. The Balaban J connectivity index is 1.35. The fourth-order valence-electron chi connectivity index (χ4n) is 7.29. The van der Waals surface area contributed by atoms with Crippen LogP contribution in [0.25, 0.3) is 0 Å². The van der Waals surface area contributed by atoms with Crippen molar-refractivity contribution < 1.29 is 9.84 Å². The Morgan fingerprint density at radius 2 is 1.95 bits per heavy atom. The maximum absolute atomic E-state index is 10.4. The molecule has 2 saturated heterocycles. The maximum atomic E-state index is 10.4. The number of hydrogen-bond donors (Lipinski definition) is 1. The lowest BCUT2D eigenvalue weighted by atomic mass is 9.62. The molecule has 6 rings (SSSR count). The Morgan fingerprint density at radius 3 is 2.76 bits per heavy atom. The summed E-state index contributed by atoms with van der Waals surface area (Å²) in [5.41, 5.74) is 5.01. The van der Waals surface area contributed by atoms with Crippen molar-refractivity contribution in [1.29, 1.82) is 5.26 Å². The number of likely N-dealkylation sites (tertiary alicyclic amines) is 1. The van der Waals surface area contributed by atoms with Crippen molar-refractivity contribution in [2.75, 3.05) is 51.8 Å². The highest BCUT2D eigenvalue weighted by molar-refractivity contribution is 5.54. The molecule has 2 aromatic rings. The molecule has 202 valence electrons. The third-order valence-electron chi connectivity index (χ3n) is 9.66. The van der Waals surface area contributed by atoms with Gasteiger partial charge in [0.25, 0.3) is 0 Å². The summed E-state index contributed by atoms with van der Waals surface area (Å²) < 4.78 is 6.32. The number of aromatic nitrogens is 2. The molecule has 8 nitrogen and oxygen atoms in total. The topological polar surface area (TPSA) is 88.8 Å². The van der Waals surface area contributed by atoms with Crippen LogP contribution in [0.4, 0.5) is 5.82 Å². The van der Waals surface area contributed by atoms with E-state index in [1.165, 1.54) is 23.1 Å². The van der Waals surface area contributed by atoms with Gasteiger partial charge in [0, 0.05) is 42.7 Å². The largest absolute Gasteiger partial charge is 0.508 e. The van der Waals surface area contributed by atoms with Gasteiger partial charge in [0.2, 0.25) is 0 Å². The molecule has 3 heterocycles. The van der Waals surface area contributed by atoms with E-state index in [0.29, 0.717) is 30.8 Å². The highest BCUT2D eigenvalue weighted by Gasteiger charge is 2.42. The molecule has 2 fully saturated rings. The lowest BCUT2D eigenvalue weighted by Crippen LogP contribution is -2.52. The molecule has 0 radical (unpaired) electrons. The maximum Gasteiger partial charge on any atom is 0.318 e. The second-order valence-electron chi connectivity index (χ2n) is 11.9. The number of rotatable bonds is 5. The molecule has 1 aromatic heterocycles. The molecular weight excluding hydrogens is 476 g/mol. The van der Waals surface area contributed by atoms with Gasteiger partial charge in [-0.25, -0.2) is 0 Å². The van der Waals surface area contributed by atoms with Gasteiger partial charge >= 0.3 is 6.01 Å². The Bertz CT molecular complexity index is 1230. The summed E-state index contributed by atoms with van der Waals surface area (Å²) in [6, 6.07) is 9.39. The number of phenols is 1. The van der Waals surface area contributed by atoms with Crippen molar-refractivity contribution in [2.45, 2.75) is 75.3 Å². The van der Waals surface area contributed by atoms with Gasteiger partial charge in [-0.1, -0.05) is 6.07 Å². The number of ether oxygens (including phenoxy) is 1. The predicted octanol–water partition coefficient (Wildman–Crippen LogP) is 3.45. The van der Waals surface area contributed by atoms with E-state index in [4.69, 9.17) is 14.7 Å². The Hall–Kier alpha value is -2.89. The summed E-state index contributed by atoms with van der Waals surface area (Å²) in [5, 5.41) is 19.8. The zero-order valence-corrected chi connectivity index (χ0v) is 22.8. The molecule has 0 amide bonds. The molecule has 1 aromatic carbocycles. The van der Waals surface area contributed by atoms with Crippen molar-refractivity contribution >= 4 is 5.82 Å². The minimum absolute atomic E-state index is 0.000648. The van der Waals surface area contributed by atoms with Gasteiger partial charge < -0.3 is 19.6 Å². The van der Waals surface area contributed by atoms with Crippen LogP contribution in [-0.4, -0.2) is 83.8 Å². The second kappa shape index (κ2) is 10.3. The Kier molecular flexibility index (Phi) is 6.92. The van der Waals surface area contributed by atoms with E-state index in [1.54, 1.807) is 0 Å². The first-order valence-corrected chi connectivity index (χ1v) is 14.3. The molecule has 1 unspecified atom stereocenters. The summed E-state index contributed by atoms with van der Waals surface area (Å²) in [6.45, 7) is 4.30. The predicted molar refractivity (Wildman–Crippen MR) is 147 cm³/mol. The lowest BCUT2D eigenvalue weighted by Gasteiger charge is -2.44. The number of aryl methyl sites for hydroxylation is 1. The fourth-order valence-corrected chi connectivity index (χ4v) is 7.29. The molecule has 1 N–H and O–H groups in total. The number of likely N-dealkylation sites (N-methyl/N-ethyl adjacent to an activating group) is 2. The third kappa shape index (κ3) is 4.71. The first-order valence-electron chi connectivity index (χ1n) is 14.3. The Morgan fingerprint density at radius 1 is 1.08 bits per heavy atom. The number of nitriles is 1. The second-order valence-corrected chi connectivity index (χ2v) is 11.9. The zero-order chi connectivity index (χ0) is 26.3. The van der Waals surface area contributed by atoms with Gasteiger partial charge in [0.1, 0.15) is 18.2 Å². The SMILES string of the molecule is CN1CCC[C@H]1COc1nc2c(c(N3CCN(C)[C@@H](CC#N)C3)n1)CCC1(CCCc3ccc(O)cc31)C2. The highest BCUT2D eigenvalue weighted by atomic mass is 16.5. The fraction of sp³-hybridized carbons (Fsp3) is 0.633. The third-order valence-corrected chi connectivity index (χ3v) is 9.66. The summed E-state index contributed by atoms with van der Waals surface area (Å²) in [4.78, 5) is 17.1. The quantitative estimate of drug-likeness (QED) is 0.647. The minimum Gasteiger partial charge on any atom is -0.508 e. The molecule has 4 aliphatic rings. The van der Waals surface area contributed by atoms with Crippen molar-refractivity contribution in [2.24, 2.45) is 0 Å². The van der Waals surface area contributed by atoms with E-state index >= 15 is 0 Å². The summed E-state index contributed by atoms with van der Waals surface area (Å²) in [6.07, 6.45) is 9.02. The van der Waals surface area contributed by atoms with Gasteiger partial charge in [-0.05, 0) is 95.3 Å². The van der Waals surface area contributed by atoms with Gasteiger partial charge in [0.05, 0.1) is 18.2 Å². The first-order chi connectivity index (χ1) is 18.5. The number of phenolic OH excluding ortho intramolecular Hbond substituents is 1. The van der Waals surface area contributed by atoms with Crippen LogP contribution in [0.5, 0.6) is 11.8 Å². The highest BCUT2D eigenvalue weighted by Crippen LogP contribution is 2.48. The van der Waals surface area contributed by atoms with E-state index in [9.17, 15) is 10.4 Å². The summed E-state index contributed by atoms with van der Waals surface area (Å²) in [5.74, 6) is 1.35. The molecule has 0 bridgehead atoms. The first kappa shape index (κ1) is 25.4. The lowest BCUT2D eigenvalue weighted by molar-refractivity contribution is 0.186. The van der Waals surface area contributed by atoms with Crippen LogP contribution in [-0.2, 0) is 24.7 Å². The average Bonchev–Trinajstić information content (AvgIpc) is 3.33. The number of benzene rings is 1. The van der Waals surface area contributed by atoms with Gasteiger partial charge in [-0.15, -0.1) is 0 Å². The normalized spacial score (nSPS) is 27.7. The molecule has 8 heteroatoms.